The lowest BCUT2D eigenvalue weighted by Crippen LogP contribution is -2.53. The van der Waals surface area contributed by atoms with Gasteiger partial charge in [0.25, 0.3) is 0 Å². The van der Waals surface area contributed by atoms with Crippen LogP contribution >= 0.6 is 0 Å². The molecule has 1 amide bonds. The molecule has 7 heteroatoms. The van der Waals surface area contributed by atoms with Crippen LogP contribution in [0.3, 0.4) is 0 Å². The highest BCUT2D eigenvalue weighted by molar-refractivity contribution is 5.87. The Kier molecular flexibility index (Phi) is 5.82. The number of ether oxygens (including phenoxy) is 2. The zero-order valence-electron chi connectivity index (χ0n) is 15.6. The van der Waals surface area contributed by atoms with E-state index in [4.69, 9.17) is 9.47 Å². The highest BCUT2D eigenvalue weighted by atomic mass is 19.1. The molecule has 0 bridgehead atoms. The Bertz CT molecular complexity index is 642. The van der Waals surface area contributed by atoms with E-state index in [1.807, 2.05) is 0 Å². The second-order valence-electron chi connectivity index (χ2n) is 7.91. The van der Waals surface area contributed by atoms with E-state index in [2.05, 4.69) is 5.32 Å². The van der Waals surface area contributed by atoms with Gasteiger partial charge in [0.15, 0.2) is 5.54 Å². The van der Waals surface area contributed by atoms with E-state index in [1.165, 1.54) is 6.92 Å². The molecule has 25 heavy (non-hydrogen) atoms. The number of hydrogen-bond acceptors (Lipinski definition) is 4. The van der Waals surface area contributed by atoms with Gasteiger partial charge in [0.05, 0.1) is 0 Å². The Morgan fingerprint density at radius 3 is 1.68 bits per heavy atom. The molecule has 1 N–H and O–H groups in total. The van der Waals surface area contributed by atoms with Crippen LogP contribution in [0.4, 0.5) is 13.6 Å². The monoisotopic (exact) mass is 357 g/mol. The van der Waals surface area contributed by atoms with Gasteiger partial charge in [-0.15, -0.1) is 0 Å². The molecule has 0 radical (unpaired) electrons. The number of hydrogen-bond donors (Lipinski definition) is 1. The molecule has 0 aliphatic carbocycles. The number of esters is 1. The molecule has 0 unspecified atom stereocenters. The average molecular weight is 357 g/mol. The number of rotatable bonds is 3. The molecule has 140 valence electrons. The Morgan fingerprint density at radius 2 is 1.28 bits per heavy atom. The lowest BCUT2D eigenvalue weighted by molar-refractivity contribution is -0.163. The lowest BCUT2D eigenvalue weighted by Gasteiger charge is -2.33. The van der Waals surface area contributed by atoms with E-state index >= 15 is 0 Å². The van der Waals surface area contributed by atoms with E-state index in [1.54, 1.807) is 41.5 Å². The summed E-state index contributed by atoms with van der Waals surface area (Å²) in [7, 11) is 0. The molecule has 0 saturated carbocycles. The topological polar surface area (TPSA) is 64.6 Å². The molecule has 1 atom stereocenters. The number of halogens is 2. The van der Waals surface area contributed by atoms with Crippen LogP contribution in [0.25, 0.3) is 0 Å². The van der Waals surface area contributed by atoms with Crippen molar-refractivity contribution in [1.82, 2.24) is 5.32 Å². The number of carbonyl (C=O) groups is 2. The highest BCUT2D eigenvalue weighted by Crippen LogP contribution is 2.27. The second-order valence-corrected chi connectivity index (χ2v) is 7.91. The summed E-state index contributed by atoms with van der Waals surface area (Å²) in [6.07, 6.45) is -0.912. The number of carbonyl (C=O) groups excluding carboxylic acids is 2. The van der Waals surface area contributed by atoms with Crippen LogP contribution in [-0.4, -0.2) is 23.3 Å². The first-order valence-corrected chi connectivity index (χ1v) is 7.83. The smallest absolute Gasteiger partial charge is 0.408 e. The molecule has 1 rings (SSSR count). The first kappa shape index (κ1) is 20.9. The lowest BCUT2D eigenvalue weighted by atomic mass is 9.91. The zero-order valence-corrected chi connectivity index (χ0v) is 15.6. The summed E-state index contributed by atoms with van der Waals surface area (Å²) in [6.45, 7) is 11.2. The largest absolute Gasteiger partial charge is 0.458 e. The molecule has 0 heterocycles. The van der Waals surface area contributed by atoms with Crippen LogP contribution in [0.1, 0.15) is 54.0 Å². The van der Waals surface area contributed by atoms with E-state index in [0.29, 0.717) is 6.07 Å². The van der Waals surface area contributed by atoms with Crippen LogP contribution in [0.2, 0.25) is 0 Å². The van der Waals surface area contributed by atoms with Gasteiger partial charge in [0, 0.05) is 6.07 Å². The average Bonchev–Trinajstić information content (AvgIpc) is 2.32. The van der Waals surface area contributed by atoms with Crippen molar-refractivity contribution in [2.24, 2.45) is 0 Å². The van der Waals surface area contributed by atoms with Crippen LogP contribution in [0, 0.1) is 11.6 Å². The molecule has 0 aromatic heterocycles. The van der Waals surface area contributed by atoms with Gasteiger partial charge in [0.1, 0.15) is 22.8 Å². The summed E-state index contributed by atoms with van der Waals surface area (Å²) in [5.74, 6) is -2.62. The third kappa shape index (κ3) is 6.32. The van der Waals surface area contributed by atoms with E-state index in [0.717, 1.165) is 12.1 Å². The highest BCUT2D eigenvalue weighted by Gasteiger charge is 2.42. The third-order valence-electron chi connectivity index (χ3n) is 3.00. The van der Waals surface area contributed by atoms with Crippen molar-refractivity contribution in [3.05, 3.63) is 35.4 Å². The molecule has 0 fully saturated rings. The maximum absolute atomic E-state index is 13.6. The van der Waals surface area contributed by atoms with E-state index in [-0.39, 0.29) is 5.56 Å². The van der Waals surface area contributed by atoms with Gasteiger partial charge in [-0.1, -0.05) is 0 Å². The Hall–Kier alpha value is -2.18. The molecule has 5 nitrogen and oxygen atoms in total. The van der Waals surface area contributed by atoms with Crippen LogP contribution < -0.4 is 5.32 Å². The summed E-state index contributed by atoms with van der Waals surface area (Å²) in [6, 6.07) is 2.60. The Balaban J connectivity index is 3.30. The minimum absolute atomic E-state index is 0.0925. The predicted molar refractivity (Wildman–Crippen MR) is 88.9 cm³/mol. The summed E-state index contributed by atoms with van der Waals surface area (Å²) < 4.78 is 37.7. The van der Waals surface area contributed by atoms with Gasteiger partial charge in [-0.3, -0.25) is 0 Å². The number of amides is 1. The van der Waals surface area contributed by atoms with Gasteiger partial charge >= 0.3 is 12.1 Å². The predicted octanol–water partition coefficient (Wildman–Crippen LogP) is 4.05. The van der Waals surface area contributed by atoms with Gasteiger partial charge in [-0.05, 0) is 66.2 Å². The molecule has 0 aliphatic rings. The number of benzene rings is 1. The molecule has 0 spiro atoms. The standard InChI is InChI=1S/C18H25F2NO4/c1-16(2,3)24-14(22)18(7,21-15(23)25-17(4,5)6)11-8-12(19)10-13(20)9-11/h8-10H,1-7H3,(H,21,23)/t18-/m1/s1. The van der Waals surface area contributed by atoms with Crippen molar-refractivity contribution in [2.45, 2.75) is 65.2 Å². The maximum atomic E-state index is 13.6. The maximum Gasteiger partial charge on any atom is 0.408 e. The van der Waals surface area contributed by atoms with Gasteiger partial charge in [0.2, 0.25) is 0 Å². The Labute approximate surface area is 146 Å². The summed E-state index contributed by atoms with van der Waals surface area (Å²) >= 11 is 0. The van der Waals surface area contributed by atoms with Crippen molar-refractivity contribution < 1.29 is 27.8 Å². The first-order valence-electron chi connectivity index (χ1n) is 7.83. The SMILES string of the molecule is CC(C)(C)OC(=O)N[C@@](C)(C(=O)OC(C)(C)C)c1cc(F)cc(F)c1. The van der Waals surface area contributed by atoms with Crippen LogP contribution in [0.15, 0.2) is 18.2 Å². The third-order valence-corrected chi connectivity index (χ3v) is 3.00. The van der Waals surface area contributed by atoms with Crippen molar-refractivity contribution in [1.29, 1.82) is 0 Å². The number of alkyl carbamates (subject to hydrolysis) is 1. The fraction of sp³-hybridized carbons (Fsp3) is 0.556. The van der Waals surface area contributed by atoms with Gasteiger partial charge < -0.3 is 14.8 Å². The molecule has 0 aliphatic heterocycles. The molecule has 0 saturated heterocycles. The number of nitrogens with one attached hydrogen (secondary N) is 1. The van der Waals surface area contributed by atoms with Crippen LogP contribution in [-0.2, 0) is 19.8 Å². The molecule has 1 aromatic rings. The quantitative estimate of drug-likeness (QED) is 0.829. The summed E-state index contributed by atoms with van der Waals surface area (Å²) in [5.41, 5.74) is -3.60. The molecular formula is C18H25F2NO4. The van der Waals surface area contributed by atoms with Crippen LogP contribution in [0.5, 0.6) is 0 Å². The Morgan fingerprint density at radius 1 is 0.840 bits per heavy atom. The minimum Gasteiger partial charge on any atom is -0.458 e. The fourth-order valence-electron chi connectivity index (χ4n) is 1.97. The van der Waals surface area contributed by atoms with Gasteiger partial charge in [-0.25, -0.2) is 18.4 Å². The molecular weight excluding hydrogens is 332 g/mol. The zero-order chi connectivity index (χ0) is 19.6. The van der Waals surface area contributed by atoms with Crippen molar-refractivity contribution in [3.8, 4) is 0 Å². The van der Waals surface area contributed by atoms with Crippen molar-refractivity contribution >= 4 is 12.1 Å². The van der Waals surface area contributed by atoms with E-state index < -0.39 is 40.4 Å². The second kappa shape index (κ2) is 6.98. The van der Waals surface area contributed by atoms with Crippen molar-refractivity contribution in [2.75, 3.05) is 0 Å². The fourth-order valence-corrected chi connectivity index (χ4v) is 1.97. The summed E-state index contributed by atoms with van der Waals surface area (Å²) in [4.78, 5) is 24.8. The first-order chi connectivity index (χ1) is 11.1. The normalized spacial score (nSPS) is 14.4. The van der Waals surface area contributed by atoms with Gasteiger partial charge in [-0.2, -0.15) is 0 Å². The molecule has 1 aromatic carbocycles. The van der Waals surface area contributed by atoms with Crippen molar-refractivity contribution in [3.63, 3.8) is 0 Å². The summed E-state index contributed by atoms with van der Waals surface area (Å²) in [5, 5.41) is 2.37. The minimum atomic E-state index is -1.83. The van der Waals surface area contributed by atoms with E-state index in [9.17, 15) is 18.4 Å².